The van der Waals surface area contributed by atoms with Crippen molar-refractivity contribution in [2.24, 2.45) is 5.10 Å². The number of carbonyl (C=O) groups is 1. The molecule has 0 N–H and O–H groups in total. The van der Waals surface area contributed by atoms with Gasteiger partial charge in [-0.1, -0.05) is 5.16 Å². The second-order valence-corrected chi connectivity index (χ2v) is 4.91. The number of nitro benzene ring substituents is 1. The van der Waals surface area contributed by atoms with Gasteiger partial charge in [0.25, 0.3) is 11.6 Å². The van der Waals surface area contributed by atoms with E-state index in [1.165, 1.54) is 31.2 Å². The third kappa shape index (κ3) is 2.76. The van der Waals surface area contributed by atoms with Crippen LogP contribution in [0.15, 0.2) is 40.0 Å². The maximum absolute atomic E-state index is 11.8. The number of nitro groups is 1. The third-order valence-corrected chi connectivity index (χ3v) is 3.20. The maximum atomic E-state index is 11.8. The number of nitrogens with zero attached hydrogens (tertiary/aromatic N) is 4. The van der Waals surface area contributed by atoms with Crippen LogP contribution in [0.25, 0.3) is 0 Å². The van der Waals surface area contributed by atoms with Crippen molar-refractivity contribution in [3.63, 3.8) is 0 Å². The minimum absolute atomic E-state index is 0.0469. The molecule has 9 heteroatoms. The normalized spacial score (nSPS) is 16.9. The van der Waals surface area contributed by atoms with Crippen molar-refractivity contribution in [2.75, 3.05) is 0 Å². The molecule has 23 heavy (non-hydrogen) atoms. The van der Waals surface area contributed by atoms with E-state index in [0.29, 0.717) is 17.0 Å². The van der Waals surface area contributed by atoms with Gasteiger partial charge in [-0.05, 0) is 19.1 Å². The van der Waals surface area contributed by atoms with Crippen molar-refractivity contribution in [1.29, 1.82) is 0 Å². The number of hydrogen-bond donors (Lipinski definition) is 0. The second kappa shape index (κ2) is 5.52. The molecule has 0 aliphatic carbocycles. The van der Waals surface area contributed by atoms with Crippen molar-refractivity contribution >= 4 is 17.5 Å². The number of benzene rings is 1. The summed E-state index contributed by atoms with van der Waals surface area (Å²) in [5, 5.41) is 19.8. The zero-order valence-electron chi connectivity index (χ0n) is 12.3. The molecule has 9 nitrogen and oxygen atoms in total. The quantitative estimate of drug-likeness (QED) is 0.633. The zero-order chi connectivity index (χ0) is 16.6. The van der Waals surface area contributed by atoms with E-state index in [1.807, 2.05) is 0 Å². The summed E-state index contributed by atoms with van der Waals surface area (Å²) in [6, 6.07) is 7.36. The Balaban J connectivity index is 1.90. The van der Waals surface area contributed by atoms with Gasteiger partial charge in [0.15, 0.2) is 5.69 Å². The monoisotopic (exact) mass is 316 g/mol. The Hall–Kier alpha value is -3.23. The summed E-state index contributed by atoms with van der Waals surface area (Å²) < 4.78 is 10.7. The molecule has 1 aliphatic rings. The first kappa shape index (κ1) is 14.7. The van der Waals surface area contributed by atoms with E-state index in [0.717, 1.165) is 5.01 Å². The van der Waals surface area contributed by atoms with E-state index in [2.05, 4.69) is 10.3 Å². The van der Waals surface area contributed by atoms with E-state index < -0.39 is 11.2 Å². The second-order valence-electron chi connectivity index (χ2n) is 4.91. The molecule has 3 rings (SSSR count). The lowest BCUT2D eigenvalue weighted by atomic mass is 10.2. The molecule has 0 saturated carbocycles. The minimum atomic E-state index is -0.805. The Kier molecular flexibility index (Phi) is 3.53. The number of hydrazone groups is 1. The lowest BCUT2D eigenvalue weighted by Gasteiger charge is -2.18. The summed E-state index contributed by atoms with van der Waals surface area (Å²) in [6.45, 7) is 3.07. The number of hydrogen-bond acceptors (Lipinski definition) is 7. The molecule has 1 unspecified atom stereocenters. The van der Waals surface area contributed by atoms with Crippen LogP contribution >= 0.6 is 0 Å². The Labute approximate surface area is 130 Å². The van der Waals surface area contributed by atoms with Gasteiger partial charge in [-0.2, -0.15) is 5.01 Å². The van der Waals surface area contributed by atoms with Gasteiger partial charge in [0, 0.05) is 30.7 Å². The van der Waals surface area contributed by atoms with Gasteiger partial charge in [-0.15, -0.1) is 5.10 Å². The predicted octanol–water partition coefficient (Wildman–Crippen LogP) is 2.13. The van der Waals surface area contributed by atoms with Gasteiger partial charge in [0.1, 0.15) is 5.76 Å². The molecule has 1 aliphatic heterocycles. The van der Waals surface area contributed by atoms with Crippen LogP contribution in [0.5, 0.6) is 0 Å². The highest BCUT2D eigenvalue weighted by molar-refractivity contribution is 5.94. The molecule has 1 aromatic heterocycles. The molecule has 0 radical (unpaired) electrons. The summed E-state index contributed by atoms with van der Waals surface area (Å²) >= 11 is 0. The van der Waals surface area contributed by atoms with E-state index >= 15 is 0 Å². The fourth-order valence-electron chi connectivity index (χ4n) is 2.11. The average molecular weight is 316 g/mol. The molecule has 118 valence electrons. The minimum Gasteiger partial charge on any atom is -0.444 e. The number of ether oxygens (including phenoxy) is 1. The van der Waals surface area contributed by atoms with Crippen molar-refractivity contribution in [2.45, 2.75) is 20.1 Å². The highest BCUT2D eigenvalue weighted by atomic mass is 16.6. The Morgan fingerprint density at radius 2 is 2.04 bits per heavy atom. The Bertz CT molecular complexity index is 796. The fourth-order valence-corrected chi connectivity index (χ4v) is 2.11. The number of carbonyl (C=O) groups excluding carboxylic acids is 1. The largest absolute Gasteiger partial charge is 0.444 e. The molecule has 0 spiro atoms. The van der Waals surface area contributed by atoms with Crippen LogP contribution in [0.4, 0.5) is 5.69 Å². The smallest absolute Gasteiger partial charge is 0.269 e. The highest BCUT2D eigenvalue weighted by Crippen LogP contribution is 2.31. The summed E-state index contributed by atoms with van der Waals surface area (Å²) in [7, 11) is 0. The molecular weight excluding hydrogens is 304 g/mol. The van der Waals surface area contributed by atoms with E-state index in [9.17, 15) is 14.9 Å². The molecule has 0 bridgehead atoms. The molecule has 2 aromatic rings. The number of non-ortho nitro benzene ring substituents is 1. The molecular formula is C14H12N4O5. The van der Waals surface area contributed by atoms with E-state index in [4.69, 9.17) is 9.26 Å². The van der Waals surface area contributed by atoms with Crippen LogP contribution in [0.1, 0.15) is 30.2 Å². The summed E-state index contributed by atoms with van der Waals surface area (Å²) in [5.41, 5.74) is 0.886. The standard InChI is InChI=1S/C14H12N4O5/c1-8-7-12(16-23-8)13-15-17(9(2)19)14(22-13)10-3-5-11(6-4-10)18(20)21/h3-7,14H,1-2H3. The molecule has 0 fully saturated rings. The van der Waals surface area contributed by atoms with Crippen LogP contribution in [-0.2, 0) is 9.53 Å². The van der Waals surface area contributed by atoms with Gasteiger partial charge in [-0.3, -0.25) is 14.9 Å². The van der Waals surface area contributed by atoms with E-state index in [1.54, 1.807) is 13.0 Å². The van der Waals surface area contributed by atoms with Gasteiger partial charge >= 0.3 is 0 Å². The Morgan fingerprint density at radius 1 is 1.35 bits per heavy atom. The lowest BCUT2D eigenvalue weighted by molar-refractivity contribution is -0.384. The number of amides is 1. The van der Waals surface area contributed by atoms with Crippen LogP contribution in [0, 0.1) is 17.0 Å². The van der Waals surface area contributed by atoms with Gasteiger partial charge in [0.05, 0.1) is 4.92 Å². The van der Waals surface area contributed by atoms with E-state index in [-0.39, 0.29) is 17.5 Å². The average Bonchev–Trinajstić information content (AvgIpc) is 3.13. The third-order valence-electron chi connectivity index (χ3n) is 3.20. The number of aromatic nitrogens is 1. The van der Waals surface area contributed by atoms with Crippen molar-refractivity contribution in [3.8, 4) is 0 Å². The number of rotatable bonds is 3. The van der Waals surface area contributed by atoms with Crippen molar-refractivity contribution in [1.82, 2.24) is 10.2 Å². The van der Waals surface area contributed by atoms with Crippen LogP contribution in [0.3, 0.4) is 0 Å². The van der Waals surface area contributed by atoms with Crippen LogP contribution < -0.4 is 0 Å². The van der Waals surface area contributed by atoms with Gasteiger partial charge < -0.3 is 9.26 Å². The zero-order valence-corrected chi connectivity index (χ0v) is 12.3. The summed E-state index contributed by atoms with van der Waals surface area (Å²) in [6.07, 6.45) is -0.805. The SMILES string of the molecule is CC(=O)N1N=C(c2cc(C)on2)OC1c1ccc([N+](=O)[O-])cc1. The van der Waals surface area contributed by atoms with Crippen LogP contribution in [-0.4, -0.2) is 26.9 Å². The Morgan fingerprint density at radius 3 is 2.57 bits per heavy atom. The molecule has 1 aromatic carbocycles. The van der Waals surface area contributed by atoms with Crippen molar-refractivity contribution in [3.05, 3.63) is 57.5 Å². The molecule has 0 saturated heterocycles. The topological polar surface area (TPSA) is 111 Å². The first-order valence-corrected chi connectivity index (χ1v) is 6.69. The van der Waals surface area contributed by atoms with Gasteiger partial charge in [0.2, 0.25) is 12.1 Å². The van der Waals surface area contributed by atoms with Crippen LogP contribution in [0.2, 0.25) is 0 Å². The maximum Gasteiger partial charge on any atom is 0.269 e. The summed E-state index contributed by atoms with van der Waals surface area (Å²) in [4.78, 5) is 22.0. The molecule has 2 heterocycles. The van der Waals surface area contributed by atoms with Crippen molar-refractivity contribution < 1.29 is 19.0 Å². The number of aryl methyl sites for hydroxylation is 1. The molecule has 1 amide bonds. The fraction of sp³-hybridized carbons (Fsp3) is 0.214. The molecule has 1 atom stereocenters. The predicted molar refractivity (Wildman–Crippen MR) is 77.2 cm³/mol. The lowest BCUT2D eigenvalue weighted by Crippen LogP contribution is -2.25. The first-order chi connectivity index (χ1) is 11.0. The highest BCUT2D eigenvalue weighted by Gasteiger charge is 2.34. The summed E-state index contributed by atoms with van der Waals surface area (Å²) in [5.74, 6) is 0.406. The first-order valence-electron chi connectivity index (χ1n) is 6.69. The van der Waals surface area contributed by atoms with Gasteiger partial charge in [-0.25, -0.2) is 0 Å².